The van der Waals surface area contributed by atoms with Crippen LogP contribution in [0.2, 0.25) is 0 Å². The minimum Gasteiger partial charge on any atom is -0.489 e. The van der Waals surface area contributed by atoms with Crippen molar-refractivity contribution >= 4 is 5.57 Å². The van der Waals surface area contributed by atoms with Gasteiger partial charge in [-0.25, -0.2) is 0 Å². The molecule has 0 aliphatic heterocycles. The summed E-state index contributed by atoms with van der Waals surface area (Å²) >= 11 is 0. The average molecular weight is 292 g/mol. The molecule has 0 aromatic heterocycles. The molecule has 0 heterocycles. The lowest BCUT2D eigenvalue weighted by atomic mass is 9.86. The van der Waals surface area contributed by atoms with E-state index in [0.29, 0.717) is 6.61 Å². The smallest absolute Gasteiger partial charge is 0.120 e. The second kappa shape index (κ2) is 7.31. The van der Waals surface area contributed by atoms with Crippen molar-refractivity contribution in [2.45, 2.75) is 45.6 Å². The summed E-state index contributed by atoms with van der Waals surface area (Å²) in [6, 6.07) is 18.9. The second-order valence-corrected chi connectivity index (χ2v) is 5.94. The zero-order chi connectivity index (χ0) is 15.2. The molecule has 22 heavy (non-hydrogen) atoms. The van der Waals surface area contributed by atoms with Crippen molar-refractivity contribution in [3.63, 3.8) is 0 Å². The van der Waals surface area contributed by atoms with Gasteiger partial charge in [0.05, 0.1) is 0 Å². The zero-order valence-electron chi connectivity index (χ0n) is 13.3. The Morgan fingerprint density at radius 3 is 2.55 bits per heavy atom. The second-order valence-electron chi connectivity index (χ2n) is 5.94. The predicted octanol–water partition coefficient (Wildman–Crippen LogP) is 6.00. The van der Waals surface area contributed by atoms with Crippen LogP contribution in [0.15, 0.2) is 60.2 Å². The van der Waals surface area contributed by atoms with Gasteiger partial charge in [-0.15, -0.1) is 0 Å². The summed E-state index contributed by atoms with van der Waals surface area (Å²) in [7, 11) is 0. The van der Waals surface area contributed by atoms with Crippen LogP contribution in [0.25, 0.3) is 5.57 Å². The Morgan fingerprint density at radius 1 is 0.909 bits per heavy atom. The Kier molecular flexibility index (Phi) is 4.95. The van der Waals surface area contributed by atoms with E-state index in [1.54, 1.807) is 11.1 Å². The van der Waals surface area contributed by atoms with E-state index in [9.17, 15) is 0 Å². The molecule has 114 valence electrons. The van der Waals surface area contributed by atoms with Gasteiger partial charge in [0, 0.05) is 0 Å². The van der Waals surface area contributed by atoms with E-state index in [1.165, 1.54) is 43.2 Å². The van der Waals surface area contributed by atoms with Crippen LogP contribution in [-0.2, 0) is 6.61 Å². The first-order chi connectivity index (χ1) is 10.9. The molecule has 1 nitrogen and oxygen atoms in total. The van der Waals surface area contributed by atoms with E-state index >= 15 is 0 Å². The summed E-state index contributed by atoms with van der Waals surface area (Å²) in [4.78, 5) is 0. The van der Waals surface area contributed by atoms with Crippen LogP contribution in [0.1, 0.15) is 50.2 Å². The Bertz CT molecular complexity index is 640. The first-order valence-electron chi connectivity index (χ1n) is 8.35. The van der Waals surface area contributed by atoms with Crippen molar-refractivity contribution in [1.29, 1.82) is 0 Å². The number of hydrogen-bond donors (Lipinski definition) is 0. The van der Waals surface area contributed by atoms with Crippen molar-refractivity contribution in [3.8, 4) is 5.75 Å². The third kappa shape index (κ3) is 3.59. The van der Waals surface area contributed by atoms with Crippen LogP contribution in [0.4, 0.5) is 0 Å². The number of allylic oxidation sites excluding steroid dienone is 2. The van der Waals surface area contributed by atoms with Crippen LogP contribution < -0.4 is 4.74 Å². The molecule has 2 aromatic carbocycles. The fraction of sp³-hybridized carbons (Fsp3) is 0.333. The summed E-state index contributed by atoms with van der Waals surface area (Å²) in [6.45, 7) is 2.90. The molecule has 0 saturated carbocycles. The standard InChI is InChI=1S/C21H24O/c1-2-18-11-6-7-14-21(18)19-12-8-13-20(15-19)22-16-17-9-4-3-5-10-17/h3-5,8-10,12-13,15H,2,6-7,11,14,16H2,1H3. The third-order valence-corrected chi connectivity index (χ3v) is 4.44. The summed E-state index contributed by atoms with van der Waals surface area (Å²) in [5, 5.41) is 0. The number of rotatable bonds is 5. The molecule has 0 fully saturated rings. The number of hydrogen-bond acceptors (Lipinski definition) is 1. The van der Waals surface area contributed by atoms with Crippen LogP contribution in [0, 0.1) is 0 Å². The summed E-state index contributed by atoms with van der Waals surface area (Å²) in [5.41, 5.74) is 5.74. The number of benzene rings is 2. The summed E-state index contributed by atoms with van der Waals surface area (Å²) < 4.78 is 5.97. The highest BCUT2D eigenvalue weighted by atomic mass is 16.5. The van der Waals surface area contributed by atoms with Crippen molar-refractivity contribution < 1.29 is 4.74 Å². The maximum atomic E-state index is 5.97. The molecule has 0 atom stereocenters. The van der Waals surface area contributed by atoms with Crippen LogP contribution >= 0.6 is 0 Å². The van der Waals surface area contributed by atoms with Crippen LogP contribution in [0.3, 0.4) is 0 Å². The van der Waals surface area contributed by atoms with Gasteiger partial charge in [-0.1, -0.05) is 55.0 Å². The molecule has 0 N–H and O–H groups in total. The van der Waals surface area contributed by atoms with E-state index in [0.717, 1.165) is 5.75 Å². The van der Waals surface area contributed by atoms with E-state index in [2.05, 4.69) is 55.5 Å². The molecular weight excluding hydrogens is 268 g/mol. The van der Waals surface area contributed by atoms with E-state index in [-0.39, 0.29) is 0 Å². The molecule has 3 rings (SSSR count). The first kappa shape index (κ1) is 14.9. The highest BCUT2D eigenvalue weighted by Crippen LogP contribution is 2.35. The third-order valence-electron chi connectivity index (χ3n) is 4.44. The van der Waals surface area contributed by atoms with Gasteiger partial charge in [-0.3, -0.25) is 0 Å². The van der Waals surface area contributed by atoms with Crippen molar-refractivity contribution in [2.24, 2.45) is 0 Å². The number of ether oxygens (including phenoxy) is 1. The van der Waals surface area contributed by atoms with Gasteiger partial charge < -0.3 is 4.74 Å². The Labute approximate surface area is 133 Å². The van der Waals surface area contributed by atoms with Gasteiger partial charge >= 0.3 is 0 Å². The highest BCUT2D eigenvalue weighted by Gasteiger charge is 2.13. The lowest BCUT2D eigenvalue weighted by molar-refractivity contribution is 0.306. The lowest BCUT2D eigenvalue weighted by Crippen LogP contribution is -2.00. The van der Waals surface area contributed by atoms with Crippen LogP contribution in [0.5, 0.6) is 5.75 Å². The topological polar surface area (TPSA) is 9.23 Å². The molecule has 2 aromatic rings. The van der Waals surface area contributed by atoms with E-state index in [1.807, 2.05) is 6.07 Å². The maximum Gasteiger partial charge on any atom is 0.120 e. The van der Waals surface area contributed by atoms with Gasteiger partial charge in [-0.05, 0) is 60.9 Å². The largest absolute Gasteiger partial charge is 0.489 e. The maximum absolute atomic E-state index is 5.97. The summed E-state index contributed by atoms with van der Waals surface area (Å²) in [5.74, 6) is 0.967. The fourth-order valence-corrected chi connectivity index (χ4v) is 3.22. The molecule has 0 radical (unpaired) electrons. The molecule has 0 unspecified atom stereocenters. The zero-order valence-corrected chi connectivity index (χ0v) is 13.3. The molecule has 0 bridgehead atoms. The van der Waals surface area contributed by atoms with E-state index in [4.69, 9.17) is 4.74 Å². The lowest BCUT2D eigenvalue weighted by Gasteiger charge is -2.20. The van der Waals surface area contributed by atoms with Crippen molar-refractivity contribution in [1.82, 2.24) is 0 Å². The monoisotopic (exact) mass is 292 g/mol. The van der Waals surface area contributed by atoms with Crippen molar-refractivity contribution in [2.75, 3.05) is 0 Å². The molecule has 0 amide bonds. The fourth-order valence-electron chi connectivity index (χ4n) is 3.22. The normalized spacial score (nSPS) is 15.0. The van der Waals surface area contributed by atoms with Gasteiger partial charge in [0.2, 0.25) is 0 Å². The molecular formula is C21H24O. The SMILES string of the molecule is CCC1=C(c2cccc(OCc3ccccc3)c2)CCCC1. The average Bonchev–Trinajstić information content (AvgIpc) is 2.61. The molecule has 1 heteroatoms. The first-order valence-corrected chi connectivity index (χ1v) is 8.35. The minimum atomic E-state index is 0.629. The van der Waals surface area contributed by atoms with Crippen LogP contribution in [-0.4, -0.2) is 0 Å². The Balaban J connectivity index is 1.76. The molecule has 0 saturated heterocycles. The van der Waals surface area contributed by atoms with Crippen molar-refractivity contribution in [3.05, 3.63) is 71.3 Å². The molecule has 1 aliphatic carbocycles. The highest BCUT2D eigenvalue weighted by molar-refractivity contribution is 5.70. The quantitative estimate of drug-likeness (QED) is 0.656. The predicted molar refractivity (Wildman–Crippen MR) is 92.9 cm³/mol. The Hall–Kier alpha value is -2.02. The summed E-state index contributed by atoms with van der Waals surface area (Å²) in [6.07, 6.45) is 6.31. The van der Waals surface area contributed by atoms with Gasteiger partial charge in [-0.2, -0.15) is 0 Å². The van der Waals surface area contributed by atoms with Gasteiger partial charge in [0.1, 0.15) is 12.4 Å². The van der Waals surface area contributed by atoms with Gasteiger partial charge in [0.15, 0.2) is 0 Å². The van der Waals surface area contributed by atoms with Gasteiger partial charge in [0.25, 0.3) is 0 Å². The molecule has 1 aliphatic rings. The Morgan fingerprint density at radius 2 is 1.73 bits per heavy atom. The minimum absolute atomic E-state index is 0.629. The van der Waals surface area contributed by atoms with E-state index < -0.39 is 0 Å². The molecule has 0 spiro atoms.